The molecule has 4 atom stereocenters. The van der Waals surface area contributed by atoms with Crippen LogP contribution in [0.25, 0.3) is 32.1 Å². The molecule has 1 amide bonds. The maximum absolute atomic E-state index is 17.1. The Kier molecular flexibility index (Phi) is 8.55. The molecule has 3 saturated heterocycles. The van der Waals surface area contributed by atoms with Gasteiger partial charge >= 0.3 is 12.0 Å². The number of carbonyl (C=O) groups is 1. The molecule has 18 heteroatoms. The molecule has 13 nitrogen and oxygen atoms in total. The average molecular weight is 762 g/mol. The molecule has 272 valence electrons. The van der Waals surface area contributed by atoms with Crippen molar-refractivity contribution in [2.45, 2.75) is 43.9 Å². The Bertz CT molecular complexity index is 2410. The van der Waals surface area contributed by atoms with Crippen molar-refractivity contribution >= 4 is 60.8 Å². The predicted molar refractivity (Wildman–Crippen MR) is 191 cm³/mol. The summed E-state index contributed by atoms with van der Waals surface area (Å²) in [4.78, 5) is 31.6. The normalized spacial score (nSPS) is 22.5. The van der Waals surface area contributed by atoms with Crippen molar-refractivity contribution in [2.75, 3.05) is 50.5 Å². The molecule has 0 spiro atoms. The summed E-state index contributed by atoms with van der Waals surface area (Å²) < 4.78 is 53.9. The van der Waals surface area contributed by atoms with E-state index in [4.69, 9.17) is 32.3 Å². The minimum atomic E-state index is -0.980. The van der Waals surface area contributed by atoms with Gasteiger partial charge in [-0.3, -0.25) is 4.90 Å². The lowest BCUT2D eigenvalue weighted by molar-refractivity contribution is 0.0644. The fraction of sp³-hybridized carbons (Fsp3) is 0.400. The number of alkyl halides is 1. The van der Waals surface area contributed by atoms with Crippen LogP contribution in [0.5, 0.6) is 6.01 Å². The van der Waals surface area contributed by atoms with E-state index in [2.05, 4.69) is 20.0 Å². The summed E-state index contributed by atoms with van der Waals surface area (Å²) in [5.74, 6) is -1.29. The zero-order valence-electron chi connectivity index (χ0n) is 28.5. The fourth-order valence-electron chi connectivity index (χ4n) is 8.05. The molecule has 0 bridgehead atoms. The number of hydrogen-bond donors (Lipinski definition) is 1. The van der Waals surface area contributed by atoms with Crippen LogP contribution >= 0.6 is 22.9 Å². The summed E-state index contributed by atoms with van der Waals surface area (Å²) in [6.07, 6.45) is 2.18. The number of ether oxygens (including phenoxy) is 1. The van der Waals surface area contributed by atoms with E-state index in [1.165, 1.54) is 24.5 Å². The minimum Gasteiger partial charge on any atom is -0.461 e. The van der Waals surface area contributed by atoms with Gasteiger partial charge < -0.3 is 20.3 Å². The maximum atomic E-state index is 17.1. The largest absolute Gasteiger partial charge is 0.461 e. The van der Waals surface area contributed by atoms with E-state index in [1.807, 2.05) is 17.9 Å². The highest BCUT2D eigenvalue weighted by molar-refractivity contribution is 7.23. The Morgan fingerprint density at radius 1 is 1.25 bits per heavy atom. The van der Waals surface area contributed by atoms with Crippen LogP contribution in [0.3, 0.4) is 0 Å². The highest BCUT2D eigenvalue weighted by atomic mass is 35.5. The number of likely N-dealkylation sites (tertiary alicyclic amines) is 1. The van der Waals surface area contributed by atoms with Crippen molar-refractivity contribution in [1.82, 2.24) is 34.5 Å². The zero-order valence-corrected chi connectivity index (χ0v) is 30.1. The average Bonchev–Trinajstić information content (AvgIpc) is 3.91. The number of anilines is 2. The van der Waals surface area contributed by atoms with Gasteiger partial charge in [-0.15, -0.1) is 16.4 Å². The molecule has 2 N–H and O–H groups in total. The molecule has 5 aromatic rings. The third-order valence-electron chi connectivity index (χ3n) is 10.8. The van der Waals surface area contributed by atoms with Crippen molar-refractivity contribution in [1.29, 1.82) is 10.5 Å². The van der Waals surface area contributed by atoms with Crippen LogP contribution in [0.2, 0.25) is 5.02 Å². The predicted octanol–water partition coefficient (Wildman–Crippen LogP) is 5.74. The van der Waals surface area contributed by atoms with Crippen molar-refractivity contribution in [3.8, 4) is 29.3 Å². The second kappa shape index (κ2) is 13.0. The zero-order chi connectivity index (χ0) is 37.3. The highest BCUT2D eigenvalue weighted by Gasteiger charge is 2.49. The Hall–Kier alpha value is -5.23. The number of nitrogen functional groups attached to an aromatic ring is 1. The second-order valence-electron chi connectivity index (χ2n) is 13.8. The van der Waals surface area contributed by atoms with Gasteiger partial charge in [-0.2, -0.15) is 25.2 Å². The van der Waals surface area contributed by atoms with Gasteiger partial charge in [0, 0.05) is 61.4 Å². The SMILES string of the molecule is C[C@@H]1[C@H](CN(C)c2nc(OC[C@@]34CCCN3C[C@H](F)C4)nc3c(F)c(-c4ccc(F)c5sc(N)c(C#N)c45)c(Cl)cc23)CN1C(=O)n1cnc(C#N)n1. The number of rotatable bonds is 7. The van der Waals surface area contributed by atoms with Crippen LogP contribution in [-0.4, -0.2) is 98.1 Å². The number of carbonyl (C=O) groups excluding carboxylic acids is 1. The van der Waals surface area contributed by atoms with Crippen LogP contribution < -0.4 is 15.4 Å². The van der Waals surface area contributed by atoms with E-state index in [-0.39, 0.29) is 78.1 Å². The Morgan fingerprint density at radius 2 is 2.06 bits per heavy atom. The van der Waals surface area contributed by atoms with Crippen molar-refractivity contribution in [3.63, 3.8) is 0 Å². The summed E-state index contributed by atoms with van der Waals surface area (Å²) in [6, 6.07) is 7.12. The smallest absolute Gasteiger partial charge is 0.346 e. The van der Waals surface area contributed by atoms with E-state index in [9.17, 15) is 18.8 Å². The molecule has 3 aliphatic rings. The molecule has 8 rings (SSSR count). The lowest BCUT2D eigenvalue weighted by Gasteiger charge is -2.47. The third-order valence-corrected chi connectivity index (χ3v) is 12.1. The summed E-state index contributed by atoms with van der Waals surface area (Å²) in [6.45, 7) is 3.83. The Balaban J connectivity index is 1.18. The third kappa shape index (κ3) is 5.65. The van der Waals surface area contributed by atoms with Gasteiger partial charge in [0.2, 0.25) is 0 Å². The molecule has 0 unspecified atom stereocenters. The van der Waals surface area contributed by atoms with E-state index in [1.54, 1.807) is 18.0 Å². The number of hydrogen-bond acceptors (Lipinski definition) is 12. The second-order valence-corrected chi connectivity index (χ2v) is 15.3. The molecular weight excluding hydrogens is 731 g/mol. The number of halogens is 4. The van der Waals surface area contributed by atoms with Gasteiger partial charge in [0.1, 0.15) is 53.4 Å². The topological polar surface area (TPSA) is 166 Å². The first-order valence-electron chi connectivity index (χ1n) is 16.9. The van der Waals surface area contributed by atoms with Crippen LogP contribution in [0, 0.1) is 40.2 Å². The molecular formula is C35H31ClF3N11O2S. The first kappa shape index (κ1) is 34.8. The quantitative estimate of drug-likeness (QED) is 0.215. The Morgan fingerprint density at radius 3 is 2.79 bits per heavy atom. The standard InChI is InChI=1S/C35H31ClF3N11O2S/c1-17-18(13-49(17)34(51)50-16-43-25(11-41)46-50)12-47(2)32-21-8-23(36)27(20-4-5-24(38)30-26(20)22(10-40)31(42)53-30)28(39)29(21)44-33(45-32)52-15-35-6-3-7-48(35)14-19(37)9-35/h4-5,8,16-19H,3,6-7,9,12-15,42H2,1-2H3/t17-,18-,19-,35+/m1/s1. The summed E-state index contributed by atoms with van der Waals surface area (Å²) >= 11 is 7.74. The van der Waals surface area contributed by atoms with Crippen LogP contribution in [0.1, 0.15) is 37.6 Å². The van der Waals surface area contributed by atoms with E-state index in [0.717, 1.165) is 35.4 Å². The van der Waals surface area contributed by atoms with Crippen LogP contribution in [-0.2, 0) is 0 Å². The molecule has 3 fully saturated rings. The highest BCUT2D eigenvalue weighted by Crippen LogP contribution is 2.46. The molecule has 0 saturated carbocycles. The number of thiophene rings is 1. The maximum Gasteiger partial charge on any atom is 0.346 e. The van der Waals surface area contributed by atoms with Gasteiger partial charge in [0.15, 0.2) is 5.82 Å². The number of benzene rings is 2. The van der Waals surface area contributed by atoms with Gasteiger partial charge in [-0.05, 0) is 44.0 Å². The molecule has 3 aliphatic heterocycles. The van der Waals surface area contributed by atoms with Gasteiger partial charge in [0.25, 0.3) is 5.82 Å². The van der Waals surface area contributed by atoms with Crippen molar-refractivity contribution in [3.05, 3.63) is 52.6 Å². The first-order valence-corrected chi connectivity index (χ1v) is 18.1. The summed E-state index contributed by atoms with van der Waals surface area (Å²) in [5, 5.41) is 23.3. The molecule has 6 heterocycles. The molecule has 2 aromatic carbocycles. The summed E-state index contributed by atoms with van der Waals surface area (Å²) in [7, 11) is 1.78. The van der Waals surface area contributed by atoms with Gasteiger partial charge in [0.05, 0.1) is 20.8 Å². The fourth-order valence-corrected chi connectivity index (χ4v) is 9.29. The van der Waals surface area contributed by atoms with Crippen molar-refractivity contribution in [2.24, 2.45) is 5.92 Å². The molecule has 0 radical (unpaired) electrons. The lowest BCUT2D eigenvalue weighted by Crippen LogP contribution is -2.61. The number of aromatic nitrogens is 5. The number of nitrogens with zero attached hydrogens (tertiary/aromatic N) is 10. The molecule has 53 heavy (non-hydrogen) atoms. The van der Waals surface area contributed by atoms with Crippen LogP contribution in [0.4, 0.5) is 28.8 Å². The van der Waals surface area contributed by atoms with Crippen molar-refractivity contribution < 1.29 is 22.7 Å². The molecule has 0 aliphatic carbocycles. The summed E-state index contributed by atoms with van der Waals surface area (Å²) in [5.41, 5.74) is 5.53. The number of amides is 1. The minimum absolute atomic E-state index is 0.0155. The number of nitriles is 2. The van der Waals surface area contributed by atoms with E-state index < -0.39 is 29.4 Å². The first-order chi connectivity index (χ1) is 25.4. The number of nitrogens with two attached hydrogens (primary N) is 1. The molecule has 3 aromatic heterocycles. The lowest BCUT2D eigenvalue weighted by atomic mass is 9.89. The van der Waals surface area contributed by atoms with Gasteiger partial charge in [-0.1, -0.05) is 17.7 Å². The van der Waals surface area contributed by atoms with E-state index >= 15 is 4.39 Å². The monoisotopic (exact) mass is 761 g/mol. The van der Waals surface area contributed by atoms with E-state index in [0.29, 0.717) is 31.9 Å². The Labute approximate surface area is 309 Å². The van der Waals surface area contributed by atoms with Crippen LogP contribution in [0.15, 0.2) is 24.5 Å². The number of fused-ring (bicyclic) bond motifs is 3. The van der Waals surface area contributed by atoms with Gasteiger partial charge in [-0.25, -0.2) is 22.9 Å².